The number of ether oxygens (including phenoxy) is 1. The van der Waals surface area contributed by atoms with E-state index in [9.17, 15) is 19.2 Å². The Kier molecular flexibility index (Phi) is 10.7. The number of amides is 3. The highest BCUT2D eigenvalue weighted by atomic mass is 16.5. The second-order valence-electron chi connectivity index (χ2n) is 9.35. The van der Waals surface area contributed by atoms with Crippen LogP contribution < -0.4 is 16.0 Å². The number of rotatable bonds is 15. The lowest BCUT2D eigenvalue weighted by Crippen LogP contribution is -2.39. The third-order valence-electron chi connectivity index (χ3n) is 6.77. The molecule has 35 heavy (non-hydrogen) atoms. The molecular weight excluding hydrogens is 448 g/mol. The van der Waals surface area contributed by atoms with Crippen LogP contribution in [0.4, 0.5) is 5.69 Å². The van der Waals surface area contributed by atoms with Crippen LogP contribution in [0.5, 0.6) is 0 Å². The van der Waals surface area contributed by atoms with Crippen molar-refractivity contribution in [3.8, 4) is 0 Å². The Morgan fingerprint density at radius 3 is 2.66 bits per heavy atom. The molecule has 0 spiro atoms. The Morgan fingerprint density at radius 2 is 1.94 bits per heavy atom. The summed E-state index contributed by atoms with van der Waals surface area (Å²) in [6.07, 6.45) is 8.39. The molecule has 3 N–H and O–H groups in total. The SMILES string of the molecule is CCCC(C=O)N1Cc2cc(NC(=O)CCOCCCNC3CCC(NC=O)CC3)ccc2C1=O. The standard InChI is InChI=1S/C26H38N4O5/c1-2-4-23(17-31)30-16-19-15-22(9-10-24(19)26(30)34)29-25(33)11-14-35-13-3-12-27-20-5-7-21(8-6-20)28-18-32/h9-10,15,17-18,20-21,23,27H,2-8,11-14,16H2,1H3,(H,28,32)(H,29,33). The van der Waals surface area contributed by atoms with Crippen molar-refractivity contribution in [2.45, 2.75) is 83.0 Å². The summed E-state index contributed by atoms with van der Waals surface area (Å²) in [6, 6.07) is 5.66. The molecule has 1 unspecified atom stereocenters. The van der Waals surface area contributed by atoms with Gasteiger partial charge in [-0.25, -0.2) is 0 Å². The zero-order valence-electron chi connectivity index (χ0n) is 20.6. The molecule has 0 saturated heterocycles. The number of carbonyl (C=O) groups excluding carboxylic acids is 4. The van der Waals surface area contributed by atoms with E-state index in [2.05, 4.69) is 16.0 Å². The molecule has 9 nitrogen and oxygen atoms in total. The first-order valence-electron chi connectivity index (χ1n) is 12.8. The van der Waals surface area contributed by atoms with Gasteiger partial charge in [-0.2, -0.15) is 0 Å². The number of hydrogen-bond donors (Lipinski definition) is 3. The molecule has 9 heteroatoms. The fourth-order valence-corrected chi connectivity index (χ4v) is 4.81. The molecule has 1 heterocycles. The molecule has 0 radical (unpaired) electrons. The number of nitrogens with one attached hydrogen (secondary N) is 3. The summed E-state index contributed by atoms with van der Waals surface area (Å²) >= 11 is 0. The van der Waals surface area contributed by atoms with E-state index in [1.807, 2.05) is 13.0 Å². The minimum atomic E-state index is -0.411. The van der Waals surface area contributed by atoms with Gasteiger partial charge in [-0.05, 0) is 68.8 Å². The van der Waals surface area contributed by atoms with Crippen molar-refractivity contribution in [1.82, 2.24) is 15.5 Å². The van der Waals surface area contributed by atoms with Gasteiger partial charge in [0.05, 0.1) is 19.1 Å². The number of fused-ring (bicyclic) bond motifs is 1. The first kappa shape index (κ1) is 26.8. The fourth-order valence-electron chi connectivity index (χ4n) is 4.81. The highest BCUT2D eigenvalue weighted by Gasteiger charge is 2.32. The van der Waals surface area contributed by atoms with Gasteiger partial charge in [0, 0.05) is 36.5 Å². The molecule has 1 atom stereocenters. The topological polar surface area (TPSA) is 117 Å². The molecule has 3 amide bonds. The number of hydrogen-bond acceptors (Lipinski definition) is 6. The smallest absolute Gasteiger partial charge is 0.255 e. The van der Waals surface area contributed by atoms with Crippen molar-refractivity contribution in [2.24, 2.45) is 0 Å². The Morgan fingerprint density at radius 1 is 1.17 bits per heavy atom. The first-order valence-corrected chi connectivity index (χ1v) is 12.8. The lowest BCUT2D eigenvalue weighted by Gasteiger charge is -2.28. The van der Waals surface area contributed by atoms with Gasteiger partial charge in [0.15, 0.2) is 0 Å². The van der Waals surface area contributed by atoms with Crippen molar-refractivity contribution in [3.05, 3.63) is 29.3 Å². The zero-order valence-corrected chi connectivity index (χ0v) is 20.6. The molecule has 1 aliphatic heterocycles. The second-order valence-corrected chi connectivity index (χ2v) is 9.35. The molecule has 0 bridgehead atoms. The molecule has 2 aliphatic rings. The summed E-state index contributed by atoms with van der Waals surface area (Å²) in [5.74, 6) is -0.268. The van der Waals surface area contributed by atoms with E-state index in [0.717, 1.165) is 63.3 Å². The Balaban J connectivity index is 1.30. The van der Waals surface area contributed by atoms with Gasteiger partial charge in [-0.15, -0.1) is 0 Å². The summed E-state index contributed by atoms with van der Waals surface area (Å²) in [7, 11) is 0. The molecule has 1 saturated carbocycles. The van der Waals surface area contributed by atoms with Gasteiger partial charge in [0.2, 0.25) is 12.3 Å². The van der Waals surface area contributed by atoms with Crippen LogP contribution in [0.1, 0.15) is 74.2 Å². The van der Waals surface area contributed by atoms with Crippen LogP contribution >= 0.6 is 0 Å². The first-order chi connectivity index (χ1) is 17.0. The number of anilines is 1. The van der Waals surface area contributed by atoms with Gasteiger partial charge < -0.3 is 30.4 Å². The molecule has 1 aliphatic carbocycles. The predicted octanol–water partition coefficient (Wildman–Crippen LogP) is 2.39. The molecular formula is C26H38N4O5. The molecule has 1 aromatic rings. The van der Waals surface area contributed by atoms with Gasteiger partial charge in [0.25, 0.3) is 5.91 Å². The van der Waals surface area contributed by atoms with E-state index in [0.29, 0.717) is 49.5 Å². The highest BCUT2D eigenvalue weighted by molar-refractivity contribution is 6.00. The van der Waals surface area contributed by atoms with E-state index in [1.165, 1.54) is 0 Å². The lowest BCUT2D eigenvalue weighted by atomic mass is 9.91. The van der Waals surface area contributed by atoms with Crippen molar-refractivity contribution < 1.29 is 23.9 Å². The maximum atomic E-state index is 12.6. The van der Waals surface area contributed by atoms with E-state index in [1.54, 1.807) is 17.0 Å². The number of benzene rings is 1. The predicted molar refractivity (Wildman–Crippen MR) is 133 cm³/mol. The van der Waals surface area contributed by atoms with E-state index in [4.69, 9.17) is 4.74 Å². The van der Waals surface area contributed by atoms with Crippen LogP contribution in [0.25, 0.3) is 0 Å². The van der Waals surface area contributed by atoms with Crippen molar-refractivity contribution in [3.63, 3.8) is 0 Å². The third-order valence-corrected chi connectivity index (χ3v) is 6.77. The van der Waals surface area contributed by atoms with Crippen LogP contribution in [0.2, 0.25) is 0 Å². The summed E-state index contributed by atoms with van der Waals surface area (Å²) in [5.41, 5.74) is 2.06. The number of aldehydes is 1. The molecule has 1 aromatic carbocycles. The highest BCUT2D eigenvalue weighted by Crippen LogP contribution is 2.28. The normalized spacial score (nSPS) is 20.3. The Bertz CT molecular complexity index is 869. The second kappa shape index (κ2) is 13.9. The summed E-state index contributed by atoms with van der Waals surface area (Å²) in [5, 5.41) is 9.26. The minimum Gasteiger partial charge on any atom is -0.381 e. The van der Waals surface area contributed by atoms with E-state index < -0.39 is 6.04 Å². The summed E-state index contributed by atoms with van der Waals surface area (Å²) in [6.45, 7) is 4.19. The van der Waals surface area contributed by atoms with Crippen LogP contribution in [0.3, 0.4) is 0 Å². The monoisotopic (exact) mass is 486 g/mol. The summed E-state index contributed by atoms with van der Waals surface area (Å²) < 4.78 is 5.61. The zero-order chi connectivity index (χ0) is 25.0. The number of nitrogens with zero attached hydrogens (tertiary/aromatic N) is 1. The van der Waals surface area contributed by atoms with Crippen LogP contribution in [0, 0.1) is 0 Å². The van der Waals surface area contributed by atoms with E-state index >= 15 is 0 Å². The third kappa shape index (κ3) is 7.86. The van der Waals surface area contributed by atoms with Crippen molar-refractivity contribution in [2.75, 3.05) is 25.1 Å². The maximum absolute atomic E-state index is 12.6. The van der Waals surface area contributed by atoms with E-state index in [-0.39, 0.29) is 18.2 Å². The molecule has 192 valence electrons. The average Bonchev–Trinajstić information content (AvgIpc) is 3.18. The Hall–Kier alpha value is -2.78. The minimum absolute atomic E-state index is 0.131. The maximum Gasteiger partial charge on any atom is 0.255 e. The van der Waals surface area contributed by atoms with Gasteiger partial charge in [0.1, 0.15) is 6.29 Å². The van der Waals surface area contributed by atoms with Crippen molar-refractivity contribution >= 4 is 30.2 Å². The largest absolute Gasteiger partial charge is 0.381 e. The van der Waals surface area contributed by atoms with Crippen LogP contribution in [-0.2, 0) is 25.7 Å². The average molecular weight is 487 g/mol. The van der Waals surface area contributed by atoms with Crippen LogP contribution in [0.15, 0.2) is 18.2 Å². The van der Waals surface area contributed by atoms with Gasteiger partial charge in [-0.1, -0.05) is 13.3 Å². The molecule has 3 rings (SSSR count). The van der Waals surface area contributed by atoms with Gasteiger partial charge >= 0.3 is 0 Å². The van der Waals surface area contributed by atoms with Crippen molar-refractivity contribution in [1.29, 1.82) is 0 Å². The lowest BCUT2D eigenvalue weighted by molar-refractivity contribution is -0.117. The van der Waals surface area contributed by atoms with Gasteiger partial charge in [-0.3, -0.25) is 14.4 Å². The Labute approximate surface area is 207 Å². The molecule has 0 aromatic heterocycles. The van der Waals surface area contributed by atoms with Crippen LogP contribution in [-0.4, -0.2) is 67.3 Å². The fraction of sp³-hybridized carbons (Fsp3) is 0.615. The quantitative estimate of drug-likeness (QED) is 0.259. The molecule has 1 fully saturated rings. The summed E-state index contributed by atoms with van der Waals surface area (Å²) in [4.78, 5) is 48.4. The number of carbonyl (C=O) groups is 4.